The van der Waals surface area contributed by atoms with Gasteiger partial charge in [0.15, 0.2) is 0 Å². The van der Waals surface area contributed by atoms with Crippen LogP contribution in [0.15, 0.2) is 60.7 Å². The molecule has 1 fully saturated rings. The fraction of sp³-hybridized carbons (Fsp3) is 0.278. The van der Waals surface area contributed by atoms with E-state index in [0.29, 0.717) is 6.54 Å². The quantitative estimate of drug-likeness (QED) is 0.896. The first-order valence-electron chi connectivity index (χ1n) is 7.53. The van der Waals surface area contributed by atoms with Gasteiger partial charge in [-0.25, -0.2) is 0 Å². The second-order valence-corrected chi connectivity index (χ2v) is 6.77. The highest BCUT2D eigenvalue weighted by Crippen LogP contribution is 2.44. The summed E-state index contributed by atoms with van der Waals surface area (Å²) in [6.45, 7) is 0.478. The molecule has 2 aromatic rings. The molecule has 0 aromatic heterocycles. The Morgan fingerprint density at radius 1 is 1.04 bits per heavy atom. The fourth-order valence-electron chi connectivity index (χ4n) is 2.90. The van der Waals surface area contributed by atoms with Crippen molar-refractivity contribution in [1.82, 2.24) is 5.32 Å². The van der Waals surface area contributed by atoms with Crippen molar-refractivity contribution in [3.63, 3.8) is 0 Å². The van der Waals surface area contributed by atoms with Crippen LogP contribution in [0, 0.1) is 0 Å². The molecule has 23 heavy (non-hydrogen) atoms. The molecule has 1 aliphatic rings. The molecular formula is C18H21ClN2OS. The van der Waals surface area contributed by atoms with Crippen LogP contribution in [-0.2, 0) is 9.54 Å². The van der Waals surface area contributed by atoms with Gasteiger partial charge in [0.1, 0.15) is 4.75 Å². The van der Waals surface area contributed by atoms with E-state index < -0.39 is 4.75 Å². The lowest BCUT2D eigenvalue weighted by molar-refractivity contribution is -0.123. The molecular weight excluding hydrogens is 328 g/mol. The van der Waals surface area contributed by atoms with Crippen molar-refractivity contribution in [3.05, 3.63) is 71.8 Å². The average molecular weight is 349 g/mol. The van der Waals surface area contributed by atoms with E-state index in [1.165, 1.54) is 0 Å². The zero-order valence-corrected chi connectivity index (χ0v) is 14.4. The van der Waals surface area contributed by atoms with Gasteiger partial charge in [0.2, 0.25) is 5.91 Å². The smallest absolute Gasteiger partial charge is 0.245 e. The fourth-order valence-corrected chi connectivity index (χ4v) is 4.40. The Labute approximate surface area is 147 Å². The van der Waals surface area contributed by atoms with Gasteiger partial charge in [-0.1, -0.05) is 60.7 Å². The molecule has 3 rings (SSSR count). The third kappa shape index (κ3) is 3.39. The number of nitrogens with two attached hydrogens (primary N) is 1. The second kappa shape index (κ2) is 7.86. The molecule has 1 aliphatic heterocycles. The Balaban J connectivity index is 0.00000192. The summed E-state index contributed by atoms with van der Waals surface area (Å²) in [5, 5.41) is 3.13. The molecule has 3 nitrogen and oxygen atoms in total. The maximum Gasteiger partial charge on any atom is 0.245 e. The predicted molar refractivity (Wildman–Crippen MR) is 99.0 cm³/mol. The average Bonchev–Trinajstić information content (AvgIpc) is 2.76. The van der Waals surface area contributed by atoms with Gasteiger partial charge in [-0.2, -0.15) is 0 Å². The van der Waals surface area contributed by atoms with E-state index in [9.17, 15) is 4.79 Å². The molecule has 1 saturated heterocycles. The Bertz CT molecular complexity index is 596. The molecule has 1 amide bonds. The largest absolute Gasteiger partial charge is 0.350 e. The van der Waals surface area contributed by atoms with Crippen molar-refractivity contribution in [1.29, 1.82) is 0 Å². The van der Waals surface area contributed by atoms with Crippen LogP contribution in [0.1, 0.15) is 17.5 Å². The zero-order valence-electron chi connectivity index (χ0n) is 12.8. The highest BCUT2D eigenvalue weighted by molar-refractivity contribution is 8.01. The molecule has 0 unspecified atom stereocenters. The Morgan fingerprint density at radius 2 is 1.57 bits per heavy atom. The lowest BCUT2D eigenvalue weighted by Gasteiger charge is -2.31. The standard InChI is InChI=1S/C18H20N2OS.ClH/c19-13-16-11-12-22-18(17(21)20-16,14-7-3-1-4-8-14)15-9-5-2-6-10-15;/h1-10,16H,11-13,19H2,(H,20,21);1H/t16-;/m0./s1. The molecule has 0 bridgehead atoms. The van der Waals surface area contributed by atoms with Crippen LogP contribution in [0.5, 0.6) is 0 Å². The summed E-state index contributed by atoms with van der Waals surface area (Å²) in [5.74, 6) is 0.924. The number of carbonyl (C=O) groups excluding carboxylic acids is 1. The minimum absolute atomic E-state index is 0. The SMILES string of the molecule is Cl.NC[C@@H]1CCSC(c2ccccc2)(c2ccccc2)C(=O)N1. The summed E-state index contributed by atoms with van der Waals surface area (Å²) in [4.78, 5) is 13.1. The molecule has 1 atom stereocenters. The van der Waals surface area contributed by atoms with Crippen LogP contribution in [0.25, 0.3) is 0 Å². The van der Waals surface area contributed by atoms with Crippen molar-refractivity contribution in [2.24, 2.45) is 5.73 Å². The lowest BCUT2D eigenvalue weighted by atomic mass is 9.89. The topological polar surface area (TPSA) is 55.1 Å². The van der Waals surface area contributed by atoms with Crippen molar-refractivity contribution in [3.8, 4) is 0 Å². The highest BCUT2D eigenvalue weighted by atomic mass is 35.5. The predicted octanol–water partition coefficient (Wildman–Crippen LogP) is 2.93. The van der Waals surface area contributed by atoms with E-state index in [4.69, 9.17) is 5.73 Å². The lowest BCUT2D eigenvalue weighted by Crippen LogP contribution is -2.47. The maximum absolute atomic E-state index is 13.1. The van der Waals surface area contributed by atoms with E-state index in [0.717, 1.165) is 23.3 Å². The Kier molecular flexibility index (Phi) is 6.10. The summed E-state index contributed by atoms with van der Waals surface area (Å²) >= 11 is 1.70. The van der Waals surface area contributed by atoms with Gasteiger partial charge in [0.25, 0.3) is 0 Å². The molecule has 0 radical (unpaired) electrons. The van der Waals surface area contributed by atoms with Crippen molar-refractivity contribution < 1.29 is 4.79 Å². The minimum Gasteiger partial charge on any atom is -0.350 e. The van der Waals surface area contributed by atoms with E-state index in [2.05, 4.69) is 5.32 Å². The molecule has 0 spiro atoms. The van der Waals surface area contributed by atoms with Gasteiger partial charge in [-0.05, 0) is 23.3 Å². The number of amides is 1. The van der Waals surface area contributed by atoms with Crippen molar-refractivity contribution in [2.75, 3.05) is 12.3 Å². The number of nitrogens with one attached hydrogen (secondary N) is 1. The molecule has 1 heterocycles. The molecule has 5 heteroatoms. The van der Waals surface area contributed by atoms with Crippen LogP contribution < -0.4 is 11.1 Å². The van der Waals surface area contributed by atoms with Gasteiger partial charge in [-0.15, -0.1) is 24.2 Å². The number of benzene rings is 2. The van der Waals surface area contributed by atoms with E-state index in [1.54, 1.807) is 11.8 Å². The molecule has 2 aromatic carbocycles. The van der Waals surface area contributed by atoms with E-state index in [-0.39, 0.29) is 24.4 Å². The summed E-state index contributed by atoms with van der Waals surface area (Å²) in [7, 11) is 0. The molecule has 0 aliphatic carbocycles. The first-order chi connectivity index (χ1) is 10.8. The van der Waals surface area contributed by atoms with Gasteiger partial charge in [0, 0.05) is 12.6 Å². The van der Waals surface area contributed by atoms with Gasteiger partial charge in [0.05, 0.1) is 0 Å². The van der Waals surface area contributed by atoms with Crippen LogP contribution in [0.2, 0.25) is 0 Å². The minimum atomic E-state index is -0.702. The van der Waals surface area contributed by atoms with Crippen LogP contribution in [0.3, 0.4) is 0 Å². The highest BCUT2D eigenvalue weighted by Gasteiger charge is 2.44. The maximum atomic E-state index is 13.1. The first-order valence-corrected chi connectivity index (χ1v) is 8.52. The van der Waals surface area contributed by atoms with Crippen molar-refractivity contribution in [2.45, 2.75) is 17.2 Å². The summed E-state index contributed by atoms with van der Waals surface area (Å²) in [6.07, 6.45) is 0.897. The van der Waals surface area contributed by atoms with E-state index in [1.807, 2.05) is 60.7 Å². The number of carbonyl (C=O) groups is 1. The number of hydrogen-bond acceptors (Lipinski definition) is 3. The summed E-state index contributed by atoms with van der Waals surface area (Å²) < 4.78 is -0.702. The summed E-state index contributed by atoms with van der Waals surface area (Å²) in [6, 6.07) is 20.1. The number of rotatable bonds is 3. The second-order valence-electron chi connectivity index (χ2n) is 5.46. The third-order valence-corrected chi connectivity index (χ3v) is 5.61. The first kappa shape index (κ1) is 17.9. The van der Waals surface area contributed by atoms with Crippen molar-refractivity contribution >= 4 is 30.1 Å². The molecule has 3 N–H and O–H groups in total. The van der Waals surface area contributed by atoms with Crippen LogP contribution in [-0.4, -0.2) is 24.2 Å². The number of thioether (sulfide) groups is 1. The van der Waals surface area contributed by atoms with E-state index >= 15 is 0 Å². The Morgan fingerprint density at radius 3 is 2.04 bits per heavy atom. The van der Waals surface area contributed by atoms with Crippen LogP contribution >= 0.6 is 24.2 Å². The number of halogens is 1. The van der Waals surface area contributed by atoms with Gasteiger partial charge < -0.3 is 11.1 Å². The van der Waals surface area contributed by atoms with Crippen LogP contribution in [0.4, 0.5) is 0 Å². The molecule has 122 valence electrons. The third-order valence-electron chi connectivity index (χ3n) is 4.09. The Hall–Kier alpha value is -1.49. The summed E-state index contributed by atoms with van der Waals surface area (Å²) in [5.41, 5.74) is 7.81. The van der Waals surface area contributed by atoms with Gasteiger partial charge in [-0.3, -0.25) is 4.79 Å². The number of hydrogen-bond donors (Lipinski definition) is 2. The zero-order chi connectivity index (χ0) is 15.4. The molecule has 0 saturated carbocycles. The normalized spacial score (nSPS) is 20.0. The monoisotopic (exact) mass is 348 g/mol. The van der Waals surface area contributed by atoms with Gasteiger partial charge >= 0.3 is 0 Å².